The van der Waals surface area contributed by atoms with Crippen LogP contribution in [0.5, 0.6) is 5.75 Å². The number of aromatic nitrogens is 2. The molecule has 2 rings (SSSR count). The minimum atomic E-state index is -0.186. The fourth-order valence-corrected chi connectivity index (χ4v) is 2.70. The highest BCUT2D eigenvalue weighted by Crippen LogP contribution is 2.27. The summed E-state index contributed by atoms with van der Waals surface area (Å²) in [6.45, 7) is 1.72. The Hall–Kier alpha value is -1.57. The molecular weight excluding hydrogens is 396 g/mol. The van der Waals surface area contributed by atoms with E-state index in [0.717, 1.165) is 17.4 Å². The van der Waals surface area contributed by atoms with Gasteiger partial charge in [0.25, 0.3) is 5.91 Å². The van der Waals surface area contributed by atoms with Gasteiger partial charge in [-0.25, -0.2) is 4.68 Å². The second kappa shape index (κ2) is 9.05. The molecule has 0 aliphatic heterocycles. The molecule has 0 aliphatic carbocycles. The number of halogens is 2. The van der Waals surface area contributed by atoms with E-state index in [1.165, 1.54) is 0 Å². The number of amides is 1. The predicted octanol–water partition coefficient (Wildman–Crippen LogP) is 3.02. The largest absolute Gasteiger partial charge is 0.470 e. The van der Waals surface area contributed by atoms with E-state index in [-0.39, 0.29) is 12.6 Å². The number of rotatable bonds is 8. The van der Waals surface area contributed by atoms with E-state index < -0.39 is 0 Å². The van der Waals surface area contributed by atoms with E-state index in [2.05, 4.69) is 31.2 Å². The van der Waals surface area contributed by atoms with Crippen molar-refractivity contribution < 1.29 is 9.53 Å². The van der Waals surface area contributed by atoms with Gasteiger partial charge in [0.2, 0.25) is 0 Å². The van der Waals surface area contributed by atoms with Crippen LogP contribution in [0.25, 0.3) is 0 Å². The highest BCUT2D eigenvalue weighted by molar-refractivity contribution is 9.10. The van der Waals surface area contributed by atoms with Gasteiger partial charge in [-0.15, -0.1) is 0 Å². The lowest BCUT2D eigenvalue weighted by molar-refractivity contribution is 0.0945. The van der Waals surface area contributed by atoms with Crippen molar-refractivity contribution in [2.75, 3.05) is 27.2 Å². The maximum atomic E-state index is 12.0. The molecule has 24 heavy (non-hydrogen) atoms. The minimum absolute atomic E-state index is 0.176. The van der Waals surface area contributed by atoms with Crippen LogP contribution in [0.15, 0.2) is 34.9 Å². The van der Waals surface area contributed by atoms with E-state index in [4.69, 9.17) is 16.3 Å². The molecule has 6 nitrogen and oxygen atoms in total. The topological polar surface area (TPSA) is 59.4 Å². The minimum Gasteiger partial charge on any atom is -0.470 e. The summed E-state index contributed by atoms with van der Waals surface area (Å²) in [5.74, 6) is 0.374. The first-order chi connectivity index (χ1) is 11.5. The summed E-state index contributed by atoms with van der Waals surface area (Å²) in [5, 5.41) is 7.56. The number of hydrogen-bond donors (Lipinski definition) is 1. The third kappa shape index (κ3) is 5.81. The lowest BCUT2D eigenvalue weighted by Crippen LogP contribution is -2.27. The highest BCUT2D eigenvalue weighted by atomic mass is 79.9. The Kier molecular flexibility index (Phi) is 7.08. The highest BCUT2D eigenvalue weighted by Gasteiger charge is 2.09. The monoisotopic (exact) mass is 414 g/mol. The van der Waals surface area contributed by atoms with Crippen molar-refractivity contribution in [2.24, 2.45) is 0 Å². The average Bonchev–Trinajstić information content (AvgIpc) is 2.99. The van der Waals surface area contributed by atoms with Gasteiger partial charge in [0.05, 0.1) is 5.02 Å². The Morgan fingerprint density at radius 2 is 2.21 bits per heavy atom. The smallest absolute Gasteiger partial charge is 0.271 e. The molecule has 0 atom stereocenters. The Bertz CT molecular complexity index is 690. The first kappa shape index (κ1) is 18.8. The molecule has 0 aliphatic rings. The second-order valence-electron chi connectivity index (χ2n) is 5.50. The van der Waals surface area contributed by atoms with Crippen LogP contribution in [-0.4, -0.2) is 47.8 Å². The van der Waals surface area contributed by atoms with Gasteiger partial charge in [-0.05, 0) is 51.3 Å². The fourth-order valence-electron chi connectivity index (χ4n) is 1.97. The molecule has 130 valence electrons. The Morgan fingerprint density at radius 3 is 2.92 bits per heavy atom. The molecule has 0 bridgehead atoms. The molecule has 1 aromatic heterocycles. The van der Waals surface area contributed by atoms with Gasteiger partial charge in [0, 0.05) is 17.2 Å². The molecule has 2 aromatic rings. The normalized spacial score (nSPS) is 10.9. The Morgan fingerprint density at radius 1 is 1.42 bits per heavy atom. The summed E-state index contributed by atoms with van der Waals surface area (Å²) in [6, 6.07) is 7.03. The van der Waals surface area contributed by atoms with Crippen LogP contribution in [-0.2, 0) is 6.73 Å². The summed E-state index contributed by atoms with van der Waals surface area (Å²) >= 11 is 9.43. The van der Waals surface area contributed by atoms with E-state index in [9.17, 15) is 4.79 Å². The maximum absolute atomic E-state index is 12.0. The number of benzene rings is 1. The Balaban J connectivity index is 1.83. The zero-order valence-corrected chi connectivity index (χ0v) is 16.0. The summed E-state index contributed by atoms with van der Waals surface area (Å²) < 4.78 is 8.04. The van der Waals surface area contributed by atoms with Crippen molar-refractivity contribution in [3.8, 4) is 5.75 Å². The summed E-state index contributed by atoms with van der Waals surface area (Å²) in [6.07, 6.45) is 2.59. The molecule has 8 heteroatoms. The number of nitrogens with one attached hydrogen (secondary N) is 1. The molecule has 1 aromatic carbocycles. The SMILES string of the molecule is CN(C)CCCNC(=O)c1ccn(COc2ccc(Br)cc2Cl)n1. The number of nitrogens with zero attached hydrogens (tertiary/aromatic N) is 3. The lowest BCUT2D eigenvalue weighted by atomic mass is 10.3. The van der Waals surface area contributed by atoms with Gasteiger partial charge in [-0.3, -0.25) is 4.79 Å². The van der Waals surface area contributed by atoms with E-state index in [1.54, 1.807) is 29.1 Å². The van der Waals surface area contributed by atoms with Crippen LogP contribution < -0.4 is 10.1 Å². The fraction of sp³-hybridized carbons (Fsp3) is 0.375. The zero-order valence-electron chi connectivity index (χ0n) is 13.6. The maximum Gasteiger partial charge on any atom is 0.271 e. The molecule has 0 fully saturated rings. The quantitative estimate of drug-likeness (QED) is 0.673. The van der Waals surface area contributed by atoms with Crippen molar-refractivity contribution >= 4 is 33.4 Å². The molecule has 0 unspecified atom stereocenters. The molecule has 1 N–H and O–H groups in total. The Labute approximate surface area is 154 Å². The van der Waals surface area contributed by atoms with Crippen molar-refractivity contribution in [3.05, 3.63) is 45.7 Å². The first-order valence-electron chi connectivity index (χ1n) is 7.50. The average molecular weight is 416 g/mol. The van der Waals surface area contributed by atoms with E-state index >= 15 is 0 Å². The first-order valence-corrected chi connectivity index (χ1v) is 8.67. The third-order valence-corrected chi connectivity index (χ3v) is 3.98. The van der Waals surface area contributed by atoms with Crippen LogP contribution in [0.2, 0.25) is 5.02 Å². The van der Waals surface area contributed by atoms with Crippen LogP contribution in [0.4, 0.5) is 0 Å². The van der Waals surface area contributed by atoms with Crippen LogP contribution in [0, 0.1) is 0 Å². The van der Waals surface area contributed by atoms with Gasteiger partial charge in [0.1, 0.15) is 11.4 Å². The van der Waals surface area contributed by atoms with E-state index in [0.29, 0.717) is 23.0 Å². The molecule has 0 saturated carbocycles. The lowest BCUT2D eigenvalue weighted by Gasteiger charge is -2.09. The van der Waals surface area contributed by atoms with Gasteiger partial charge < -0.3 is 15.0 Å². The van der Waals surface area contributed by atoms with Gasteiger partial charge in [0.15, 0.2) is 6.73 Å². The van der Waals surface area contributed by atoms with Gasteiger partial charge >= 0.3 is 0 Å². The van der Waals surface area contributed by atoms with E-state index in [1.807, 2.05) is 20.2 Å². The van der Waals surface area contributed by atoms with Gasteiger partial charge in [-0.2, -0.15) is 5.10 Å². The van der Waals surface area contributed by atoms with Crippen molar-refractivity contribution in [1.82, 2.24) is 20.0 Å². The molecule has 0 spiro atoms. The van der Waals surface area contributed by atoms with Crippen LogP contribution in [0.1, 0.15) is 16.9 Å². The van der Waals surface area contributed by atoms with Gasteiger partial charge in [-0.1, -0.05) is 27.5 Å². The standard InChI is InChI=1S/C16H20BrClN4O2/c1-21(2)8-3-7-19-16(23)14-6-9-22(20-14)11-24-15-5-4-12(17)10-13(15)18/h4-6,9-10H,3,7-8,11H2,1-2H3,(H,19,23). The number of carbonyl (C=O) groups excluding carboxylic acids is 1. The summed E-state index contributed by atoms with van der Waals surface area (Å²) in [7, 11) is 4.00. The van der Waals surface area contributed by atoms with Crippen molar-refractivity contribution in [2.45, 2.75) is 13.2 Å². The number of ether oxygens (including phenoxy) is 1. The summed E-state index contributed by atoms with van der Waals surface area (Å²) in [5.41, 5.74) is 0.366. The van der Waals surface area contributed by atoms with Crippen molar-refractivity contribution in [1.29, 1.82) is 0 Å². The zero-order chi connectivity index (χ0) is 17.5. The van der Waals surface area contributed by atoms with Crippen LogP contribution >= 0.6 is 27.5 Å². The van der Waals surface area contributed by atoms with Crippen molar-refractivity contribution in [3.63, 3.8) is 0 Å². The molecule has 1 amide bonds. The number of carbonyl (C=O) groups is 1. The molecule has 1 heterocycles. The third-order valence-electron chi connectivity index (χ3n) is 3.19. The van der Waals surface area contributed by atoms with Crippen LogP contribution in [0.3, 0.4) is 0 Å². The predicted molar refractivity (Wildman–Crippen MR) is 97.5 cm³/mol. The second-order valence-corrected chi connectivity index (χ2v) is 6.82. The molecule has 0 saturated heterocycles. The summed E-state index contributed by atoms with van der Waals surface area (Å²) in [4.78, 5) is 14.1. The molecular formula is C16H20BrClN4O2. The number of hydrogen-bond acceptors (Lipinski definition) is 4. The molecule has 0 radical (unpaired) electrons.